The lowest BCUT2D eigenvalue weighted by molar-refractivity contribution is 0.533. The fourth-order valence-corrected chi connectivity index (χ4v) is 2.50. The number of hydrogen-bond acceptors (Lipinski definition) is 1. The Hall–Kier alpha value is 0.690. The molecule has 0 fully saturated rings. The van der Waals surface area contributed by atoms with Crippen LogP contribution in [-0.2, 0) is 0 Å². The van der Waals surface area contributed by atoms with Gasteiger partial charge in [0.25, 0.3) is 0 Å². The molecule has 0 aliphatic carbocycles. The number of nitrogens with one attached hydrogen (secondary N) is 1. The second-order valence-corrected chi connectivity index (χ2v) is 5.70. The average molecular weight is 383 g/mol. The third kappa shape index (κ3) is 21.1. The minimum Gasteiger partial charge on any atom is -0.320 e. The highest BCUT2D eigenvalue weighted by molar-refractivity contribution is 14.0. The maximum atomic E-state index is 3.21. The minimum atomic E-state index is 0. The Kier molecular flexibility index (Phi) is 24.3. The highest BCUT2D eigenvalue weighted by Gasteiger charge is 1.93. The number of hydrogen-bond donors (Lipinski definition) is 1. The van der Waals surface area contributed by atoms with Gasteiger partial charge in [0.15, 0.2) is 0 Å². The van der Waals surface area contributed by atoms with Gasteiger partial charge in [-0.1, -0.05) is 90.4 Å². The molecule has 0 rings (SSSR count). The van der Waals surface area contributed by atoms with Gasteiger partial charge in [0.2, 0.25) is 0 Å². The molecule has 0 saturated carbocycles. The molecule has 19 heavy (non-hydrogen) atoms. The molecule has 0 saturated heterocycles. The summed E-state index contributed by atoms with van der Waals surface area (Å²) >= 11 is 0. The normalized spacial score (nSPS) is 10.4. The van der Waals surface area contributed by atoms with E-state index < -0.39 is 0 Å². The van der Waals surface area contributed by atoms with Crippen LogP contribution < -0.4 is 5.32 Å². The molecule has 0 heterocycles. The summed E-state index contributed by atoms with van der Waals surface area (Å²) in [6.07, 6.45) is 20.3. The molecule has 0 aromatic carbocycles. The van der Waals surface area contributed by atoms with Crippen LogP contribution in [0.4, 0.5) is 0 Å². The van der Waals surface area contributed by atoms with E-state index in [1.54, 1.807) is 0 Å². The van der Waals surface area contributed by atoms with Crippen molar-refractivity contribution in [3.8, 4) is 0 Å². The lowest BCUT2D eigenvalue weighted by Gasteiger charge is -2.03. The topological polar surface area (TPSA) is 12.0 Å². The molecule has 0 unspecified atom stereocenters. The van der Waals surface area contributed by atoms with Crippen molar-refractivity contribution in [1.29, 1.82) is 0 Å². The molecule has 1 nitrogen and oxygen atoms in total. The van der Waals surface area contributed by atoms with Crippen LogP contribution in [0.25, 0.3) is 0 Å². The summed E-state index contributed by atoms with van der Waals surface area (Å²) < 4.78 is 0. The van der Waals surface area contributed by atoms with Crippen molar-refractivity contribution in [3.05, 3.63) is 0 Å². The predicted octanol–water partition coefficient (Wildman–Crippen LogP) is 6.31. The molecule has 0 amide bonds. The van der Waals surface area contributed by atoms with Crippen LogP contribution in [0.2, 0.25) is 0 Å². The molecule has 0 aromatic heterocycles. The lowest BCUT2D eigenvalue weighted by atomic mass is 10.0. The Bertz CT molecular complexity index is 123. The molecule has 1 N–H and O–H groups in total. The summed E-state index contributed by atoms with van der Waals surface area (Å²) in [5.41, 5.74) is 0. The van der Waals surface area contributed by atoms with E-state index in [1.807, 2.05) is 7.05 Å². The first-order valence-electron chi connectivity index (χ1n) is 8.56. The quantitative estimate of drug-likeness (QED) is 0.258. The van der Waals surface area contributed by atoms with Gasteiger partial charge >= 0.3 is 0 Å². The van der Waals surface area contributed by atoms with Gasteiger partial charge in [0.1, 0.15) is 0 Å². The highest BCUT2D eigenvalue weighted by atomic mass is 127. The zero-order chi connectivity index (χ0) is 13.3. The summed E-state index contributed by atoms with van der Waals surface area (Å²) in [7, 11) is 2.04. The smallest absolute Gasteiger partial charge is 0.00519 e. The maximum Gasteiger partial charge on any atom is -0.00519 e. The Labute approximate surface area is 139 Å². The summed E-state index contributed by atoms with van der Waals surface area (Å²) in [4.78, 5) is 0. The van der Waals surface area contributed by atoms with E-state index in [-0.39, 0.29) is 24.0 Å². The maximum absolute atomic E-state index is 3.21. The van der Waals surface area contributed by atoms with Crippen LogP contribution in [0.5, 0.6) is 0 Å². The van der Waals surface area contributed by atoms with Crippen LogP contribution in [0, 0.1) is 0 Å². The van der Waals surface area contributed by atoms with E-state index in [2.05, 4.69) is 12.2 Å². The highest BCUT2D eigenvalue weighted by Crippen LogP contribution is 2.12. The summed E-state index contributed by atoms with van der Waals surface area (Å²) in [5.74, 6) is 0. The average Bonchev–Trinajstić information content (AvgIpc) is 2.39. The van der Waals surface area contributed by atoms with Gasteiger partial charge in [-0.15, -0.1) is 24.0 Å². The molecule has 0 radical (unpaired) electrons. The molecule has 0 aromatic rings. The van der Waals surface area contributed by atoms with Crippen molar-refractivity contribution in [2.45, 2.75) is 96.8 Å². The molecular formula is C17H38IN. The first-order valence-corrected chi connectivity index (χ1v) is 8.56. The van der Waals surface area contributed by atoms with Crippen LogP contribution in [0.15, 0.2) is 0 Å². The molecule has 0 spiro atoms. The van der Waals surface area contributed by atoms with Gasteiger partial charge < -0.3 is 5.32 Å². The zero-order valence-corrected chi connectivity index (χ0v) is 15.8. The lowest BCUT2D eigenvalue weighted by Crippen LogP contribution is -2.06. The predicted molar refractivity (Wildman–Crippen MR) is 99.7 cm³/mol. The second kappa shape index (κ2) is 21.0. The third-order valence-corrected chi connectivity index (χ3v) is 3.78. The number of unbranched alkanes of at least 4 members (excludes halogenated alkanes) is 13. The molecule has 0 aliphatic rings. The fraction of sp³-hybridized carbons (Fsp3) is 1.00. The monoisotopic (exact) mass is 383 g/mol. The minimum absolute atomic E-state index is 0. The summed E-state index contributed by atoms with van der Waals surface area (Å²) in [6, 6.07) is 0. The molecular weight excluding hydrogens is 345 g/mol. The van der Waals surface area contributed by atoms with E-state index in [0.717, 1.165) is 0 Å². The zero-order valence-electron chi connectivity index (χ0n) is 13.5. The van der Waals surface area contributed by atoms with Crippen molar-refractivity contribution < 1.29 is 0 Å². The molecule has 0 bridgehead atoms. The number of rotatable bonds is 15. The molecule has 0 aliphatic heterocycles. The van der Waals surface area contributed by atoms with Gasteiger partial charge in [-0.25, -0.2) is 0 Å². The SMILES string of the molecule is CCCCCCCCCCCCCCCCNC.I. The van der Waals surface area contributed by atoms with Gasteiger partial charge in [0, 0.05) is 0 Å². The van der Waals surface area contributed by atoms with Gasteiger partial charge in [0.05, 0.1) is 0 Å². The van der Waals surface area contributed by atoms with Crippen LogP contribution >= 0.6 is 24.0 Å². The first kappa shape index (κ1) is 22.0. The van der Waals surface area contributed by atoms with E-state index in [9.17, 15) is 0 Å². The largest absolute Gasteiger partial charge is 0.320 e. The first-order chi connectivity index (χ1) is 8.91. The molecule has 2 heteroatoms. The third-order valence-electron chi connectivity index (χ3n) is 3.78. The second-order valence-electron chi connectivity index (χ2n) is 5.70. The summed E-state index contributed by atoms with van der Waals surface area (Å²) in [6.45, 7) is 3.48. The van der Waals surface area contributed by atoms with Crippen molar-refractivity contribution in [3.63, 3.8) is 0 Å². The van der Waals surface area contributed by atoms with Crippen molar-refractivity contribution in [1.82, 2.24) is 5.32 Å². The Morgan fingerprint density at radius 1 is 0.526 bits per heavy atom. The van der Waals surface area contributed by atoms with E-state index in [4.69, 9.17) is 0 Å². The standard InChI is InChI=1S/C17H37N.HI/c1-3-4-5-6-7-8-9-10-11-12-13-14-15-16-17-18-2;/h18H,3-17H2,1-2H3;1H. The van der Waals surface area contributed by atoms with Crippen LogP contribution in [0.3, 0.4) is 0 Å². The van der Waals surface area contributed by atoms with Gasteiger partial charge in [-0.2, -0.15) is 0 Å². The Morgan fingerprint density at radius 2 is 0.842 bits per heavy atom. The Balaban J connectivity index is 0. The van der Waals surface area contributed by atoms with Gasteiger partial charge in [-0.3, -0.25) is 0 Å². The van der Waals surface area contributed by atoms with Crippen molar-refractivity contribution in [2.24, 2.45) is 0 Å². The molecule has 0 atom stereocenters. The van der Waals surface area contributed by atoms with Crippen molar-refractivity contribution >= 4 is 24.0 Å². The van der Waals surface area contributed by atoms with E-state index in [1.165, 1.54) is 96.4 Å². The van der Waals surface area contributed by atoms with Crippen molar-refractivity contribution in [2.75, 3.05) is 13.6 Å². The number of halogens is 1. The van der Waals surface area contributed by atoms with Crippen LogP contribution in [0.1, 0.15) is 96.8 Å². The fourth-order valence-electron chi connectivity index (χ4n) is 2.50. The summed E-state index contributed by atoms with van der Waals surface area (Å²) in [5, 5.41) is 3.21. The Morgan fingerprint density at radius 3 is 1.16 bits per heavy atom. The van der Waals surface area contributed by atoms with Crippen LogP contribution in [-0.4, -0.2) is 13.6 Å². The van der Waals surface area contributed by atoms with Gasteiger partial charge in [-0.05, 0) is 20.0 Å². The van der Waals surface area contributed by atoms with E-state index in [0.29, 0.717) is 0 Å². The van der Waals surface area contributed by atoms with E-state index >= 15 is 0 Å². The molecule has 118 valence electrons.